The van der Waals surface area contributed by atoms with Crippen LogP contribution in [0.5, 0.6) is 0 Å². The van der Waals surface area contributed by atoms with Crippen molar-refractivity contribution in [3.8, 4) is 0 Å². The van der Waals surface area contributed by atoms with Gasteiger partial charge in [0, 0.05) is 33.3 Å². The molecule has 1 aromatic rings. The number of ether oxygens (including phenoxy) is 1. The lowest BCUT2D eigenvalue weighted by Crippen LogP contribution is -2.39. The van der Waals surface area contributed by atoms with Crippen molar-refractivity contribution < 1.29 is 24.0 Å². The van der Waals surface area contributed by atoms with Crippen molar-refractivity contribution in [2.24, 2.45) is 0 Å². The van der Waals surface area contributed by atoms with Crippen LogP contribution in [0.15, 0.2) is 18.2 Å². The molecule has 1 saturated heterocycles. The molecule has 0 unspecified atom stereocenters. The standard InChI is InChI=1S/C19H26N4O6/c1-20-17(24)12-21(2)18(25)13-29-19(26)14-7-8-15(16(11-14)23(27)28)22-9-5-3-4-6-10-22/h7-8,11H,3-6,9-10,12-13H2,1-2H3,(H,20,24). The zero-order chi connectivity index (χ0) is 21.4. The number of rotatable bonds is 7. The molecule has 1 aliphatic rings. The van der Waals surface area contributed by atoms with Crippen molar-refractivity contribution in [1.82, 2.24) is 10.2 Å². The number of esters is 1. The van der Waals surface area contributed by atoms with Gasteiger partial charge in [0.15, 0.2) is 6.61 Å². The first-order valence-corrected chi connectivity index (χ1v) is 9.48. The third kappa shape index (κ3) is 6.16. The number of nitro groups is 1. The lowest BCUT2D eigenvalue weighted by atomic mass is 10.1. The predicted molar refractivity (Wildman–Crippen MR) is 106 cm³/mol. The molecule has 2 amide bonds. The van der Waals surface area contributed by atoms with Gasteiger partial charge in [-0.25, -0.2) is 4.79 Å². The first-order chi connectivity index (χ1) is 13.8. The maximum absolute atomic E-state index is 12.3. The lowest BCUT2D eigenvalue weighted by molar-refractivity contribution is -0.384. The smallest absolute Gasteiger partial charge is 0.338 e. The van der Waals surface area contributed by atoms with Crippen LogP contribution in [0.4, 0.5) is 11.4 Å². The summed E-state index contributed by atoms with van der Waals surface area (Å²) in [5.74, 6) is -1.75. The summed E-state index contributed by atoms with van der Waals surface area (Å²) < 4.78 is 4.97. The van der Waals surface area contributed by atoms with Crippen molar-refractivity contribution in [3.05, 3.63) is 33.9 Å². The normalized spacial score (nSPS) is 13.9. The highest BCUT2D eigenvalue weighted by molar-refractivity contribution is 5.93. The number of anilines is 1. The minimum atomic E-state index is -0.836. The minimum absolute atomic E-state index is 0.00275. The summed E-state index contributed by atoms with van der Waals surface area (Å²) >= 11 is 0. The van der Waals surface area contributed by atoms with Crippen LogP contribution in [0.1, 0.15) is 36.0 Å². The van der Waals surface area contributed by atoms with E-state index >= 15 is 0 Å². The SMILES string of the molecule is CNC(=O)CN(C)C(=O)COC(=O)c1ccc(N2CCCCCC2)c([N+](=O)[O-])c1. The first kappa shape index (κ1) is 22.1. The number of amides is 2. The molecule has 0 aliphatic carbocycles. The molecule has 1 heterocycles. The van der Waals surface area contributed by atoms with Crippen LogP contribution in [-0.4, -0.2) is 67.9 Å². The van der Waals surface area contributed by atoms with E-state index in [1.165, 1.54) is 26.2 Å². The molecular formula is C19H26N4O6. The van der Waals surface area contributed by atoms with Gasteiger partial charge in [0.2, 0.25) is 5.91 Å². The number of hydrogen-bond donors (Lipinski definition) is 1. The summed E-state index contributed by atoms with van der Waals surface area (Å²) in [6.07, 6.45) is 4.12. The van der Waals surface area contributed by atoms with E-state index in [2.05, 4.69) is 5.32 Å². The van der Waals surface area contributed by atoms with E-state index in [9.17, 15) is 24.5 Å². The molecule has 0 atom stereocenters. The molecule has 29 heavy (non-hydrogen) atoms. The molecule has 158 valence electrons. The Balaban J connectivity index is 2.06. The highest BCUT2D eigenvalue weighted by atomic mass is 16.6. The van der Waals surface area contributed by atoms with Crippen LogP contribution < -0.4 is 10.2 Å². The Bertz CT molecular complexity index is 774. The highest BCUT2D eigenvalue weighted by Crippen LogP contribution is 2.31. The summed E-state index contributed by atoms with van der Waals surface area (Å²) in [5, 5.41) is 13.9. The highest BCUT2D eigenvalue weighted by Gasteiger charge is 2.23. The summed E-state index contributed by atoms with van der Waals surface area (Å²) in [6, 6.07) is 4.20. The fourth-order valence-corrected chi connectivity index (χ4v) is 3.08. The Morgan fingerprint density at radius 2 is 1.86 bits per heavy atom. The molecule has 0 aromatic heterocycles. The Labute approximate surface area is 168 Å². The van der Waals surface area contributed by atoms with Gasteiger partial charge in [-0.3, -0.25) is 19.7 Å². The predicted octanol–water partition coefficient (Wildman–Crippen LogP) is 1.34. The van der Waals surface area contributed by atoms with Gasteiger partial charge in [-0.2, -0.15) is 0 Å². The molecule has 0 saturated carbocycles. The fourth-order valence-electron chi connectivity index (χ4n) is 3.08. The number of carbonyl (C=O) groups excluding carboxylic acids is 3. The molecular weight excluding hydrogens is 380 g/mol. The van der Waals surface area contributed by atoms with Crippen molar-refractivity contribution in [3.63, 3.8) is 0 Å². The number of nitrogens with one attached hydrogen (secondary N) is 1. The fraction of sp³-hybridized carbons (Fsp3) is 0.526. The van der Waals surface area contributed by atoms with Crippen molar-refractivity contribution in [2.75, 3.05) is 45.2 Å². The Hall–Kier alpha value is -3.17. The molecule has 0 bridgehead atoms. The van der Waals surface area contributed by atoms with Gasteiger partial charge in [-0.05, 0) is 25.0 Å². The number of nitrogens with zero attached hydrogens (tertiary/aromatic N) is 3. The molecule has 10 nitrogen and oxygen atoms in total. The Morgan fingerprint density at radius 3 is 2.45 bits per heavy atom. The van der Waals surface area contributed by atoms with E-state index in [0.29, 0.717) is 5.69 Å². The lowest BCUT2D eigenvalue weighted by Gasteiger charge is -2.22. The van der Waals surface area contributed by atoms with E-state index < -0.39 is 23.4 Å². The average molecular weight is 406 g/mol. The zero-order valence-electron chi connectivity index (χ0n) is 16.7. The number of carbonyl (C=O) groups is 3. The van der Waals surface area contributed by atoms with Crippen LogP contribution in [0.2, 0.25) is 0 Å². The second-order valence-electron chi connectivity index (χ2n) is 6.86. The number of nitro benzene ring substituents is 1. The molecule has 0 spiro atoms. The summed E-state index contributed by atoms with van der Waals surface area (Å²) in [6.45, 7) is 0.741. The van der Waals surface area contributed by atoms with Gasteiger partial charge in [0.05, 0.1) is 17.0 Å². The maximum atomic E-state index is 12.3. The molecule has 0 radical (unpaired) electrons. The third-order valence-corrected chi connectivity index (χ3v) is 4.77. The largest absolute Gasteiger partial charge is 0.452 e. The van der Waals surface area contributed by atoms with Gasteiger partial charge in [0.25, 0.3) is 11.6 Å². The summed E-state index contributed by atoms with van der Waals surface area (Å²) in [4.78, 5) is 49.6. The van der Waals surface area contributed by atoms with E-state index in [0.717, 1.165) is 43.7 Å². The third-order valence-electron chi connectivity index (χ3n) is 4.77. The van der Waals surface area contributed by atoms with Crippen molar-refractivity contribution in [2.45, 2.75) is 25.7 Å². The molecule has 1 fully saturated rings. The van der Waals surface area contributed by atoms with E-state index in [1.807, 2.05) is 4.90 Å². The van der Waals surface area contributed by atoms with Crippen LogP contribution >= 0.6 is 0 Å². The quantitative estimate of drug-likeness (QED) is 0.412. The van der Waals surface area contributed by atoms with Gasteiger partial charge in [0.1, 0.15) is 5.69 Å². The van der Waals surface area contributed by atoms with Crippen LogP contribution in [0, 0.1) is 10.1 Å². The summed E-state index contributed by atoms with van der Waals surface area (Å²) in [5.41, 5.74) is 0.316. The van der Waals surface area contributed by atoms with Crippen LogP contribution in [0.3, 0.4) is 0 Å². The maximum Gasteiger partial charge on any atom is 0.338 e. The van der Waals surface area contributed by atoms with Gasteiger partial charge >= 0.3 is 5.97 Å². The minimum Gasteiger partial charge on any atom is -0.452 e. The molecule has 1 aromatic carbocycles. The van der Waals surface area contributed by atoms with Crippen molar-refractivity contribution in [1.29, 1.82) is 0 Å². The molecule has 1 aliphatic heterocycles. The van der Waals surface area contributed by atoms with Crippen LogP contribution in [0.25, 0.3) is 0 Å². The van der Waals surface area contributed by atoms with Crippen LogP contribution in [-0.2, 0) is 14.3 Å². The number of benzene rings is 1. The first-order valence-electron chi connectivity index (χ1n) is 9.48. The van der Waals surface area contributed by atoms with E-state index in [4.69, 9.17) is 4.74 Å². The van der Waals surface area contributed by atoms with Gasteiger partial charge in [-0.15, -0.1) is 0 Å². The molecule has 10 heteroatoms. The second-order valence-corrected chi connectivity index (χ2v) is 6.86. The zero-order valence-corrected chi connectivity index (χ0v) is 16.7. The van der Waals surface area contributed by atoms with E-state index in [1.54, 1.807) is 6.07 Å². The molecule has 1 N–H and O–H groups in total. The van der Waals surface area contributed by atoms with Gasteiger partial charge < -0.3 is 19.9 Å². The average Bonchev–Trinajstić information content (AvgIpc) is 3.00. The Morgan fingerprint density at radius 1 is 1.21 bits per heavy atom. The van der Waals surface area contributed by atoms with Crippen molar-refractivity contribution >= 4 is 29.2 Å². The monoisotopic (exact) mass is 406 g/mol. The number of likely N-dealkylation sites (N-methyl/N-ethyl adjacent to an activating group) is 2. The topological polar surface area (TPSA) is 122 Å². The van der Waals surface area contributed by atoms with Gasteiger partial charge in [-0.1, -0.05) is 12.8 Å². The summed E-state index contributed by atoms with van der Waals surface area (Å²) in [7, 11) is 2.86. The molecule has 2 rings (SSSR count). The number of hydrogen-bond acceptors (Lipinski definition) is 7. The second kappa shape index (κ2) is 10.4. The Kier molecular flexibility index (Phi) is 7.93. The van der Waals surface area contributed by atoms with E-state index in [-0.39, 0.29) is 23.7 Å².